The summed E-state index contributed by atoms with van der Waals surface area (Å²) < 4.78 is 11.2. The Balaban J connectivity index is 2.04. The quantitative estimate of drug-likeness (QED) is 0.705. The lowest BCUT2D eigenvalue weighted by atomic mass is 10.2. The van der Waals surface area contributed by atoms with Crippen LogP contribution in [0.4, 0.5) is 5.69 Å². The summed E-state index contributed by atoms with van der Waals surface area (Å²) in [6, 6.07) is 11.7. The molecular weight excluding hydrogens is 362 g/mol. The Hall–Kier alpha value is -3.81. The molecule has 0 bridgehead atoms. The fourth-order valence-electron chi connectivity index (χ4n) is 2.73. The summed E-state index contributed by atoms with van der Waals surface area (Å²) in [5.41, 5.74) is -0.0131. The number of anilines is 1. The molecule has 0 saturated heterocycles. The number of hydrogen-bond acceptors (Lipinski definition) is 5. The number of carbonyl (C=O) groups excluding carboxylic acids is 1. The predicted octanol–water partition coefficient (Wildman–Crippen LogP) is 2.10. The Morgan fingerprint density at radius 3 is 2.57 bits per heavy atom. The van der Waals surface area contributed by atoms with Gasteiger partial charge in [0.05, 0.1) is 25.6 Å². The smallest absolute Gasteiger partial charge is 0.333 e. The third-order valence-corrected chi connectivity index (χ3v) is 4.14. The van der Waals surface area contributed by atoms with Crippen molar-refractivity contribution < 1.29 is 14.3 Å². The van der Waals surface area contributed by atoms with Crippen LogP contribution in [-0.2, 0) is 0 Å². The Kier molecular flexibility index (Phi) is 5.30. The highest BCUT2D eigenvalue weighted by atomic mass is 16.5. The minimum atomic E-state index is -0.749. The Bertz CT molecular complexity index is 1150. The number of methoxy groups -OCH3 is 2. The van der Waals surface area contributed by atoms with Gasteiger partial charge in [0.15, 0.2) is 0 Å². The van der Waals surface area contributed by atoms with Gasteiger partial charge in [0.2, 0.25) is 0 Å². The summed E-state index contributed by atoms with van der Waals surface area (Å²) in [7, 11) is 2.96. The molecule has 0 aliphatic heterocycles. The van der Waals surface area contributed by atoms with Crippen molar-refractivity contribution in [2.45, 2.75) is 6.92 Å². The van der Waals surface area contributed by atoms with E-state index in [1.165, 1.54) is 20.3 Å². The van der Waals surface area contributed by atoms with Gasteiger partial charge < -0.3 is 19.8 Å². The molecule has 0 aliphatic rings. The van der Waals surface area contributed by atoms with E-state index >= 15 is 0 Å². The van der Waals surface area contributed by atoms with Gasteiger partial charge >= 0.3 is 5.69 Å². The fraction of sp³-hybridized carbons (Fsp3) is 0.150. The third kappa shape index (κ3) is 3.66. The topological polar surface area (TPSA) is 102 Å². The minimum Gasteiger partial charge on any atom is -0.497 e. The number of nitrogens with one attached hydrogen (secondary N) is 2. The van der Waals surface area contributed by atoms with Gasteiger partial charge in [-0.3, -0.25) is 9.59 Å². The van der Waals surface area contributed by atoms with Crippen molar-refractivity contribution >= 4 is 11.6 Å². The molecule has 0 aliphatic carbocycles. The van der Waals surface area contributed by atoms with Gasteiger partial charge in [0.1, 0.15) is 17.1 Å². The molecule has 28 heavy (non-hydrogen) atoms. The average Bonchev–Trinajstić information content (AvgIpc) is 2.68. The van der Waals surface area contributed by atoms with Gasteiger partial charge in [0.25, 0.3) is 11.5 Å². The van der Waals surface area contributed by atoms with Gasteiger partial charge in [0, 0.05) is 12.3 Å². The summed E-state index contributed by atoms with van der Waals surface area (Å²) in [5, 5.41) is 2.66. The van der Waals surface area contributed by atoms with Gasteiger partial charge in [-0.2, -0.15) is 0 Å². The molecular formula is C20H19N3O5. The number of carbonyl (C=O) groups is 1. The van der Waals surface area contributed by atoms with Crippen molar-refractivity contribution in [2.24, 2.45) is 0 Å². The van der Waals surface area contributed by atoms with Crippen LogP contribution in [0.25, 0.3) is 5.69 Å². The summed E-state index contributed by atoms with van der Waals surface area (Å²) in [5.74, 6) is 0.265. The maximum atomic E-state index is 12.9. The van der Waals surface area contributed by atoms with Crippen LogP contribution in [0.2, 0.25) is 0 Å². The molecule has 0 unspecified atom stereocenters. The summed E-state index contributed by atoms with van der Waals surface area (Å²) in [4.78, 5) is 40.2. The molecule has 1 heterocycles. The third-order valence-electron chi connectivity index (χ3n) is 4.14. The molecule has 2 N–H and O–H groups in total. The second-order valence-electron chi connectivity index (χ2n) is 6.01. The number of hydrogen-bond donors (Lipinski definition) is 2. The van der Waals surface area contributed by atoms with E-state index in [9.17, 15) is 14.4 Å². The predicted molar refractivity (Wildman–Crippen MR) is 105 cm³/mol. The molecule has 2 aromatic carbocycles. The molecule has 0 radical (unpaired) electrons. The molecule has 0 saturated carbocycles. The number of aromatic nitrogens is 2. The van der Waals surface area contributed by atoms with Gasteiger partial charge in [-0.25, -0.2) is 9.36 Å². The van der Waals surface area contributed by atoms with E-state index in [2.05, 4.69) is 10.3 Å². The number of aryl methyl sites for hydroxylation is 1. The molecule has 1 amide bonds. The highest BCUT2D eigenvalue weighted by molar-refractivity contribution is 6.04. The first-order valence-electron chi connectivity index (χ1n) is 8.39. The van der Waals surface area contributed by atoms with Crippen LogP contribution >= 0.6 is 0 Å². The van der Waals surface area contributed by atoms with E-state index < -0.39 is 17.2 Å². The van der Waals surface area contributed by atoms with Crippen molar-refractivity contribution in [1.82, 2.24) is 9.55 Å². The van der Waals surface area contributed by atoms with Crippen LogP contribution in [0.5, 0.6) is 11.5 Å². The van der Waals surface area contributed by atoms with E-state index in [4.69, 9.17) is 9.47 Å². The number of ether oxygens (including phenoxy) is 2. The monoisotopic (exact) mass is 381 g/mol. The van der Waals surface area contributed by atoms with Crippen LogP contribution in [-0.4, -0.2) is 29.7 Å². The first-order chi connectivity index (χ1) is 13.4. The van der Waals surface area contributed by atoms with Crippen molar-refractivity contribution in [1.29, 1.82) is 0 Å². The fourth-order valence-corrected chi connectivity index (χ4v) is 2.73. The van der Waals surface area contributed by atoms with E-state index in [0.717, 1.165) is 16.3 Å². The maximum Gasteiger partial charge on any atom is 0.333 e. The van der Waals surface area contributed by atoms with Crippen LogP contribution in [0.15, 0.2) is 58.3 Å². The van der Waals surface area contributed by atoms with Gasteiger partial charge in [-0.1, -0.05) is 12.1 Å². The number of H-pyrrole nitrogens is 1. The lowest BCUT2D eigenvalue weighted by molar-refractivity contribution is 0.102. The number of nitrogens with zero attached hydrogens (tertiary/aromatic N) is 1. The molecule has 3 aromatic rings. The second-order valence-corrected chi connectivity index (χ2v) is 6.01. The average molecular weight is 381 g/mol. The molecule has 8 nitrogen and oxygen atoms in total. The second kappa shape index (κ2) is 7.83. The molecule has 0 fully saturated rings. The van der Waals surface area contributed by atoms with E-state index in [-0.39, 0.29) is 11.3 Å². The normalized spacial score (nSPS) is 10.4. The lowest BCUT2D eigenvalue weighted by Crippen LogP contribution is -2.38. The SMILES string of the molecule is COc1cccc(-n2c(=O)[nH]cc(C(=O)Nc3cc(C)ccc3OC)c2=O)c1. The number of amides is 1. The largest absolute Gasteiger partial charge is 0.497 e. The first kappa shape index (κ1) is 19.0. The van der Waals surface area contributed by atoms with E-state index in [1.807, 2.05) is 13.0 Å². The summed E-state index contributed by atoms with van der Waals surface area (Å²) >= 11 is 0. The minimum absolute atomic E-state index is 0.217. The summed E-state index contributed by atoms with van der Waals surface area (Å²) in [6.07, 6.45) is 1.10. The van der Waals surface area contributed by atoms with Crippen LogP contribution < -0.4 is 26.0 Å². The highest BCUT2D eigenvalue weighted by Gasteiger charge is 2.17. The van der Waals surface area contributed by atoms with E-state index in [1.54, 1.807) is 30.3 Å². The zero-order chi connectivity index (χ0) is 20.3. The summed E-state index contributed by atoms with van der Waals surface area (Å²) in [6.45, 7) is 1.87. The van der Waals surface area contributed by atoms with Gasteiger partial charge in [-0.15, -0.1) is 0 Å². The Morgan fingerprint density at radius 1 is 1.07 bits per heavy atom. The number of aromatic amines is 1. The molecule has 144 valence electrons. The zero-order valence-corrected chi connectivity index (χ0v) is 15.6. The molecule has 1 aromatic heterocycles. The molecule has 8 heteroatoms. The Labute approximate surface area is 160 Å². The molecule has 3 rings (SSSR count). The van der Waals surface area contributed by atoms with Gasteiger partial charge in [-0.05, 0) is 36.8 Å². The Morgan fingerprint density at radius 2 is 1.86 bits per heavy atom. The maximum absolute atomic E-state index is 12.9. The van der Waals surface area contributed by atoms with Crippen molar-refractivity contribution in [3.63, 3.8) is 0 Å². The van der Waals surface area contributed by atoms with Crippen molar-refractivity contribution in [3.8, 4) is 17.2 Å². The van der Waals surface area contributed by atoms with Crippen molar-refractivity contribution in [2.75, 3.05) is 19.5 Å². The zero-order valence-electron chi connectivity index (χ0n) is 15.6. The van der Waals surface area contributed by atoms with Crippen LogP contribution in [0.1, 0.15) is 15.9 Å². The van der Waals surface area contributed by atoms with Crippen LogP contribution in [0, 0.1) is 6.92 Å². The van der Waals surface area contributed by atoms with Crippen molar-refractivity contribution in [3.05, 3.63) is 80.6 Å². The number of benzene rings is 2. The number of rotatable bonds is 5. The lowest BCUT2D eigenvalue weighted by Gasteiger charge is -2.12. The highest BCUT2D eigenvalue weighted by Crippen LogP contribution is 2.25. The molecule has 0 atom stereocenters. The van der Waals surface area contributed by atoms with Crippen LogP contribution in [0.3, 0.4) is 0 Å². The first-order valence-corrected chi connectivity index (χ1v) is 8.39. The van der Waals surface area contributed by atoms with E-state index in [0.29, 0.717) is 17.2 Å². The molecule has 0 spiro atoms. The standard InChI is InChI=1S/C20H19N3O5/c1-12-7-8-17(28-3)16(9-12)22-18(24)15-11-21-20(26)23(19(15)25)13-5-4-6-14(10-13)27-2/h4-11H,1-3H3,(H,21,26)(H,22,24).